The van der Waals surface area contributed by atoms with Crippen molar-refractivity contribution in [2.75, 3.05) is 0 Å². The summed E-state index contributed by atoms with van der Waals surface area (Å²) >= 11 is 0. The molecule has 4 rings (SSSR count). The van der Waals surface area contributed by atoms with Gasteiger partial charge in [0.25, 0.3) is 0 Å². The van der Waals surface area contributed by atoms with Crippen molar-refractivity contribution in [3.05, 3.63) is 53.9 Å². The van der Waals surface area contributed by atoms with Crippen molar-refractivity contribution in [3.63, 3.8) is 0 Å². The summed E-state index contributed by atoms with van der Waals surface area (Å²) in [6.07, 6.45) is 2.00. The molecule has 0 fully saturated rings. The highest BCUT2D eigenvalue weighted by Crippen LogP contribution is 2.33. The molecule has 0 unspecified atom stereocenters. The van der Waals surface area contributed by atoms with Gasteiger partial charge in [0.1, 0.15) is 0 Å². The van der Waals surface area contributed by atoms with Crippen LogP contribution in [0.2, 0.25) is 0 Å². The molecule has 4 aromatic rings. The molecule has 0 spiro atoms. The molecular formula is C17H15ClN2. The first kappa shape index (κ1) is 12.9. The van der Waals surface area contributed by atoms with E-state index in [1.165, 1.54) is 32.8 Å². The van der Waals surface area contributed by atoms with Crippen molar-refractivity contribution >= 4 is 45.0 Å². The second-order valence-corrected chi connectivity index (χ2v) is 5.09. The Balaban J connectivity index is 0.00000121. The Kier molecular flexibility index (Phi) is 2.91. The van der Waals surface area contributed by atoms with Gasteiger partial charge in [-0.3, -0.25) is 0 Å². The zero-order chi connectivity index (χ0) is 13.0. The van der Waals surface area contributed by atoms with Crippen LogP contribution in [0.1, 0.15) is 11.3 Å². The van der Waals surface area contributed by atoms with Crippen LogP contribution in [0, 0.1) is 13.8 Å². The lowest BCUT2D eigenvalue weighted by Crippen LogP contribution is -1.87. The zero-order valence-electron chi connectivity index (χ0n) is 11.4. The largest absolute Gasteiger partial charge is 0.365 e. The van der Waals surface area contributed by atoms with Gasteiger partial charge < -0.3 is 4.98 Å². The number of pyridine rings is 1. The van der Waals surface area contributed by atoms with Crippen LogP contribution in [0.3, 0.4) is 0 Å². The maximum atomic E-state index is 4.78. The Morgan fingerprint density at radius 3 is 2.55 bits per heavy atom. The minimum absolute atomic E-state index is 0. The summed E-state index contributed by atoms with van der Waals surface area (Å²) in [5.41, 5.74) is 4.67. The van der Waals surface area contributed by atoms with Gasteiger partial charge >= 0.3 is 0 Å². The molecule has 0 atom stereocenters. The number of benzene rings is 2. The number of rotatable bonds is 0. The van der Waals surface area contributed by atoms with Crippen molar-refractivity contribution in [1.29, 1.82) is 0 Å². The quantitative estimate of drug-likeness (QED) is 0.488. The van der Waals surface area contributed by atoms with Crippen LogP contribution in [0.5, 0.6) is 0 Å². The maximum Gasteiger partial charge on any atom is 0.0751 e. The number of halogens is 1. The van der Waals surface area contributed by atoms with Crippen molar-refractivity contribution < 1.29 is 0 Å². The highest BCUT2D eigenvalue weighted by molar-refractivity contribution is 6.14. The summed E-state index contributed by atoms with van der Waals surface area (Å²) < 4.78 is 0. The number of hydrogen-bond donors (Lipinski definition) is 1. The maximum absolute atomic E-state index is 4.78. The van der Waals surface area contributed by atoms with Crippen LogP contribution in [-0.4, -0.2) is 9.97 Å². The summed E-state index contributed by atoms with van der Waals surface area (Å²) in [6, 6.07) is 12.8. The van der Waals surface area contributed by atoms with E-state index in [9.17, 15) is 0 Å². The number of para-hydroxylation sites is 1. The molecule has 0 aliphatic rings. The van der Waals surface area contributed by atoms with Gasteiger partial charge in [0.05, 0.1) is 11.0 Å². The minimum Gasteiger partial charge on any atom is -0.365 e. The Bertz CT molecular complexity index is 938. The minimum atomic E-state index is 0. The van der Waals surface area contributed by atoms with Gasteiger partial charge in [0.2, 0.25) is 0 Å². The third-order valence-electron chi connectivity index (χ3n) is 3.97. The van der Waals surface area contributed by atoms with E-state index >= 15 is 0 Å². The van der Waals surface area contributed by atoms with E-state index in [0.717, 1.165) is 11.0 Å². The molecule has 20 heavy (non-hydrogen) atoms. The number of nitrogens with one attached hydrogen (secondary N) is 1. The molecule has 2 aromatic carbocycles. The Labute approximate surface area is 123 Å². The second kappa shape index (κ2) is 4.50. The highest BCUT2D eigenvalue weighted by Gasteiger charge is 2.11. The van der Waals surface area contributed by atoms with E-state index in [0.29, 0.717) is 0 Å². The van der Waals surface area contributed by atoms with Crippen LogP contribution in [0.4, 0.5) is 0 Å². The van der Waals surface area contributed by atoms with Crippen LogP contribution in [0.15, 0.2) is 42.6 Å². The number of aryl methyl sites for hydroxylation is 2. The fraction of sp³-hybridized carbons (Fsp3) is 0.118. The molecule has 3 heteroatoms. The van der Waals surface area contributed by atoms with E-state index in [4.69, 9.17) is 4.98 Å². The molecule has 1 N–H and O–H groups in total. The van der Waals surface area contributed by atoms with Gasteiger partial charge in [-0.15, -0.1) is 12.4 Å². The fourth-order valence-electron chi connectivity index (χ4n) is 2.94. The van der Waals surface area contributed by atoms with Crippen molar-refractivity contribution in [2.45, 2.75) is 13.8 Å². The van der Waals surface area contributed by atoms with Gasteiger partial charge in [-0.25, -0.2) is 4.98 Å². The van der Waals surface area contributed by atoms with E-state index < -0.39 is 0 Å². The lowest BCUT2D eigenvalue weighted by Gasteiger charge is -2.06. The summed E-state index contributed by atoms with van der Waals surface area (Å²) in [7, 11) is 0. The Hall–Kier alpha value is -2.06. The molecule has 0 bridgehead atoms. The molecule has 0 amide bonds. The zero-order valence-corrected chi connectivity index (χ0v) is 12.2. The average Bonchev–Trinajstić information content (AvgIpc) is 2.80. The smallest absolute Gasteiger partial charge is 0.0751 e. The third kappa shape index (κ3) is 1.61. The number of hydrogen-bond acceptors (Lipinski definition) is 1. The molecule has 0 saturated carbocycles. The topological polar surface area (TPSA) is 28.7 Å². The average molecular weight is 283 g/mol. The van der Waals surface area contributed by atoms with Crippen molar-refractivity contribution in [1.82, 2.24) is 9.97 Å². The first-order valence-corrected chi connectivity index (χ1v) is 6.51. The van der Waals surface area contributed by atoms with Gasteiger partial charge in [0.15, 0.2) is 0 Å². The molecular weight excluding hydrogens is 268 g/mol. The Morgan fingerprint density at radius 2 is 1.70 bits per heavy atom. The van der Waals surface area contributed by atoms with Crippen LogP contribution >= 0.6 is 12.4 Å². The molecule has 2 heterocycles. The molecule has 0 radical (unpaired) electrons. The van der Waals surface area contributed by atoms with Gasteiger partial charge in [-0.1, -0.05) is 18.2 Å². The number of H-pyrrole nitrogens is 1. The fourth-order valence-corrected chi connectivity index (χ4v) is 2.94. The molecule has 0 saturated heterocycles. The summed E-state index contributed by atoms with van der Waals surface area (Å²) in [5, 5.41) is 5.06. The van der Waals surface area contributed by atoms with Gasteiger partial charge in [-0.2, -0.15) is 0 Å². The van der Waals surface area contributed by atoms with Gasteiger partial charge in [0, 0.05) is 28.0 Å². The predicted octanol–water partition coefficient (Wildman–Crippen LogP) is 4.91. The monoisotopic (exact) mass is 282 g/mol. The summed E-state index contributed by atoms with van der Waals surface area (Å²) in [6.45, 7) is 4.28. The van der Waals surface area contributed by atoms with E-state index in [2.05, 4.69) is 49.2 Å². The SMILES string of the molecule is Cc1[nH]ccc2c(C)c3nc4ccccc4c3cc12.Cl. The lowest BCUT2D eigenvalue weighted by molar-refractivity contribution is 1.23. The van der Waals surface area contributed by atoms with Crippen LogP contribution < -0.4 is 0 Å². The number of aromatic amines is 1. The standard InChI is InChI=1S/C17H14N2.ClH/c1-10-12-7-8-18-11(2)14(12)9-15-13-5-3-4-6-16(13)19-17(10)15;/h3-9,18H,1-2H3;1H. The molecule has 0 aliphatic carbocycles. The summed E-state index contributed by atoms with van der Waals surface area (Å²) in [5.74, 6) is 0. The molecule has 0 aliphatic heterocycles. The van der Waals surface area contributed by atoms with E-state index in [1.807, 2.05) is 12.3 Å². The molecule has 2 nitrogen and oxygen atoms in total. The van der Waals surface area contributed by atoms with Crippen molar-refractivity contribution in [2.24, 2.45) is 0 Å². The van der Waals surface area contributed by atoms with Gasteiger partial charge in [-0.05, 0) is 43.0 Å². The van der Waals surface area contributed by atoms with E-state index in [-0.39, 0.29) is 12.4 Å². The number of nitrogens with zero attached hydrogens (tertiary/aromatic N) is 1. The normalized spacial score (nSPS) is 11.1. The van der Waals surface area contributed by atoms with Crippen LogP contribution in [0.25, 0.3) is 32.6 Å². The van der Waals surface area contributed by atoms with E-state index in [1.54, 1.807) is 0 Å². The lowest BCUT2D eigenvalue weighted by atomic mass is 10.0. The van der Waals surface area contributed by atoms with Crippen LogP contribution in [-0.2, 0) is 0 Å². The first-order valence-electron chi connectivity index (χ1n) is 6.51. The predicted molar refractivity (Wildman–Crippen MR) is 87.8 cm³/mol. The molecule has 2 aromatic heterocycles. The Morgan fingerprint density at radius 1 is 0.900 bits per heavy atom. The third-order valence-corrected chi connectivity index (χ3v) is 3.97. The number of aromatic nitrogens is 2. The second-order valence-electron chi connectivity index (χ2n) is 5.09. The van der Waals surface area contributed by atoms with Crippen molar-refractivity contribution in [3.8, 4) is 0 Å². The number of fused-ring (bicyclic) bond motifs is 4. The molecule has 100 valence electrons. The summed E-state index contributed by atoms with van der Waals surface area (Å²) in [4.78, 5) is 8.07. The first-order chi connectivity index (χ1) is 9.25. The highest BCUT2D eigenvalue weighted by atomic mass is 35.5.